The number of anilines is 2. The van der Waals surface area contributed by atoms with Crippen LogP contribution in [-0.2, 0) is 4.74 Å². The Morgan fingerprint density at radius 2 is 2.20 bits per heavy atom. The highest BCUT2D eigenvalue weighted by Gasteiger charge is 2.28. The van der Waals surface area contributed by atoms with Crippen LogP contribution in [0.5, 0.6) is 0 Å². The van der Waals surface area contributed by atoms with Gasteiger partial charge >= 0.3 is 6.09 Å². The van der Waals surface area contributed by atoms with E-state index in [1.54, 1.807) is 11.1 Å². The first-order chi connectivity index (χ1) is 11.7. The van der Waals surface area contributed by atoms with Gasteiger partial charge in [-0.3, -0.25) is 0 Å². The van der Waals surface area contributed by atoms with Crippen molar-refractivity contribution in [3.8, 4) is 0 Å². The minimum Gasteiger partial charge on any atom is -0.444 e. The van der Waals surface area contributed by atoms with E-state index in [1.807, 2.05) is 51.9 Å². The first-order valence-electron chi connectivity index (χ1n) is 8.74. The number of carbonyl (C=O) groups excluding carboxylic acids is 1. The summed E-state index contributed by atoms with van der Waals surface area (Å²) < 4.78 is 5.50. The summed E-state index contributed by atoms with van der Waals surface area (Å²) in [5.74, 6) is 0.818. The lowest BCUT2D eigenvalue weighted by molar-refractivity contribution is 0.0206. The highest BCUT2D eigenvalue weighted by atomic mass is 16.6. The zero-order chi connectivity index (χ0) is 18.6. The molecule has 138 valence electrons. The molecule has 6 heteroatoms. The number of nitrogens with zero attached hydrogens (tertiary/aromatic N) is 3. The lowest BCUT2D eigenvalue weighted by atomic mass is 10.1. The first-order valence-corrected chi connectivity index (χ1v) is 8.74. The Bertz CT molecular complexity index is 622. The Morgan fingerprint density at radius 1 is 1.48 bits per heavy atom. The summed E-state index contributed by atoms with van der Waals surface area (Å²) in [6, 6.07) is 2.09. The van der Waals surface area contributed by atoms with Crippen molar-refractivity contribution in [2.75, 3.05) is 37.4 Å². The smallest absolute Gasteiger partial charge is 0.410 e. The third kappa shape index (κ3) is 5.11. The number of carbonyl (C=O) groups is 1. The molecule has 25 heavy (non-hydrogen) atoms. The fourth-order valence-corrected chi connectivity index (χ4v) is 2.99. The average molecular weight is 346 g/mol. The topological polar surface area (TPSA) is 57.7 Å². The third-order valence-corrected chi connectivity index (χ3v) is 4.04. The maximum atomic E-state index is 12.3. The Balaban J connectivity index is 2.11. The van der Waals surface area contributed by atoms with Gasteiger partial charge in [0.1, 0.15) is 11.4 Å². The average Bonchev–Trinajstić information content (AvgIpc) is 2.53. The predicted molar refractivity (Wildman–Crippen MR) is 103 cm³/mol. The van der Waals surface area contributed by atoms with E-state index in [1.165, 1.54) is 0 Å². The van der Waals surface area contributed by atoms with E-state index in [0.29, 0.717) is 6.54 Å². The summed E-state index contributed by atoms with van der Waals surface area (Å²) >= 11 is 0. The maximum absolute atomic E-state index is 12.3. The molecule has 1 N–H and O–H groups in total. The van der Waals surface area contributed by atoms with Crippen molar-refractivity contribution in [3.05, 3.63) is 24.4 Å². The van der Waals surface area contributed by atoms with Crippen molar-refractivity contribution in [1.82, 2.24) is 9.88 Å². The zero-order valence-corrected chi connectivity index (χ0v) is 16.0. The molecule has 1 aromatic heterocycles. The van der Waals surface area contributed by atoms with Gasteiger partial charge in [-0.05, 0) is 39.7 Å². The normalized spacial score (nSPS) is 17.8. The molecule has 6 nitrogen and oxygen atoms in total. The molecule has 1 saturated heterocycles. The Labute approximate surface area is 150 Å². The molecule has 0 aliphatic carbocycles. The van der Waals surface area contributed by atoms with Gasteiger partial charge in [0, 0.05) is 45.0 Å². The summed E-state index contributed by atoms with van der Waals surface area (Å²) in [5.41, 5.74) is 1.56. The van der Waals surface area contributed by atoms with Gasteiger partial charge in [0.15, 0.2) is 0 Å². The molecular weight excluding hydrogens is 316 g/mol. The minimum absolute atomic E-state index is 0.146. The SMILES string of the molecule is C=Cc1ccnc(NC2CCCN(C(=O)OC(C)(C)C)C2)c1N(C)C. The maximum Gasteiger partial charge on any atom is 0.410 e. The summed E-state index contributed by atoms with van der Waals surface area (Å²) in [4.78, 5) is 20.6. The van der Waals surface area contributed by atoms with E-state index >= 15 is 0 Å². The van der Waals surface area contributed by atoms with Crippen LogP contribution in [0, 0.1) is 0 Å². The summed E-state index contributed by atoms with van der Waals surface area (Å²) in [6.07, 6.45) is 5.29. The fourth-order valence-electron chi connectivity index (χ4n) is 2.99. The van der Waals surface area contributed by atoms with Gasteiger partial charge in [-0.15, -0.1) is 0 Å². The second-order valence-corrected chi connectivity index (χ2v) is 7.61. The van der Waals surface area contributed by atoms with Gasteiger partial charge in [0.25, 0.3) is 0 Å². The van der Waals surface area contributed by atoms with E-state index in [9.17, 15) is 4.79 Å². The summed E-state index contributed by atoms with van der Waals surface area (Å²) in [5, 5.41) is 3.50. The zero-order valence-electron chi connectivity index (χ0n) is 16.0. The van der Waals surface area contributed by atoms with E-state index in [0.717, 1.165) is 36.5 Å². The molecule has 1 amide bonds. The minimum atomic E-state index is -0.477. The van der Waals surface area contributed by atoms with Crippen LogP contribution in [-0.4, -0.2) is 54.8 Å². The van der Waals surface area contributed by atoms with Crippen molar-refractivity contribution in [2.45, 2.75) is 45.3 Å². The van der Waals surface area contributed by atoms with Crippen molar-refractivity contribution >= 4 is 23.7 Å². The highest BCUT2D eigenvalue weighted by Crippen LogP contribution is 2.29. The second kappa shape index (κ2) is 7.76. The number of likely N-dealkylation sites (tertiary alicyclic amines) is 1. The molecule has 0 bridgehead atoms. The number of pyridine rings is 1. The predicted octanol–water partition coefficient (Wildman–Crippen LogP) is 3.60. The fraction of sp³-hybridized carbons (Fsp3) is 0.579. The van der Waals surface area contributed by atoms with Crippen LogP contribution in [0.2, 0.25) is 0 Å². The molecule has 1 aliphatic rings. The van der Waals surface area contributed by atoms with Gasteiger partial charge in [0.05, 0.1) is 5.69 Å². The van der Waals surface area contributed by atoms with E-state index < -0.39 is 5.60 Å². The Morgan fingerprint density at radius 3 is 2.80 bits per heavy atom. The molecule has 2 heterocycles. The number of rotatable bonds is 4. The van der Waals surface area contributed by atoms with Crippen LogP contribution in [0.25, 0.3) is 6.08 Å². The van der Waals surface area contributed by atoms with Crippen molar-refractivity contribution < 1.29 is 9.53 Å². The van der Waals surface area contributed by atoms with Gasteiger partial charge in [-0.25, -0.2) is 9.78 Å². The van der Waals surface area contributed by atoms with Crippen LogP contribution < -0.4 is 10.2 Å². The van der Waals surface area contributed by atoms with Gasteiger partial charge < -0.3 is 19.9 Å². The second-order valence-electron chi connectivity index (χ2n) is 7.61. The first kappa shape index (κ1) is 19.1. The van der Waals surface area contributed by atoms with E-state index in [-0.39, 0.29) is 12.1 Å². The molecule has 0 saturated carbocycles. The molecular formula is C19H30N4O2. The van der Waals surface area contributed by atoms with Crippen LogP contribution in [0.3, 0.4) is 0 Å². The van der Waals surface area contributed by atoms with E-state index in [2.05, 4.69) is 16.9 Å². The van der Waals surface area contributed by atoms with Crippen molar-refractivity contribution in [2.24, 2.45) is 0 Å². The third-order valence-electron chi connectivity index (χ3n) is 4.04. The molecule has 1 aromatic rings. The number of amides is 1. The van der Waals surface area contributed by atoms with Gasteiger partial charge in [-0.2, -0.15) is 0 Å². The standard InChI is InChI=1S/C19H30N4O2/c1-7-14-10-11-20-17(16(14)22(5)6)21-15-9-8-12-23(13-15)18(24)25-19(2,3)4/h7,10-11,15H,1,8-9,12-13H2,2-6H3,(H,20,21). The lowest BCUT2D eigenvalue weighted by Gasteiger charge is -2.35. The number of aromatic nitrogens is 1. The molecule has 0 spiro atoms. The highest BCUT2D eigenvalue weighted by molar-refractivity contribution is 5.77. The molecule has 1 fully saturated rings. The molecule has 1 atom stereocenters. The molecule has 0 aromatic carbocycles. The van der Waals surface area contributed by atoms with Crippen LogP contribution in [0.15, 0.2) is 18.8 Å². The molecule has 2 rings (SSSR count). The monoisotopic (exact) mass is 346 g/mol. The van der Waals surface area contributed by atoms with Crippen LogP contribution in [0.4, 0.5) is 16.3 Å². The van der Waals surface area contributed by atoms with Crippen molar-refractivity contribution in [1.29, 1.82) is 0 Å². The number of piperidine rings is 1. The summed E-state index contributed by atoms with van der Waals surface area (Å²) in [6.45, 7) is 10.9. The quantitative estimate of drug-likeness (QED) is 0.903. The van der Waals surface area contributed by atoms with Crippen LogP contribution >= 0.6 is 0 Å². The largest absolute Gasteiger partial charge is 0.444 e. The Hall–Kier alpha value is -2.24. The number of hydrogen-bond donors (Lipinski definition) is 1. The van der Waals surface area contributed by atoms with Crippen LogP contribution in [0.1, 0.15) is 39.2 Å². The summed E-state index contributed by atoms with van der Waals surface area (Å²) in [7, 11) is 3.98. The van der Waals surface area contributed by atoms with Gasteiger partial charge in [0.2, 0.25) is 0 Å². The molecule has 1 unspecified atom stereocenters. The molecule has 1 aliphatic heterocycles. The number of nitrogens with one attached hydrogen (secondary N) is 1. The Kier molecular flexibility index (Phi) is 5.93. The van der Waals surface area contributed by atoms with Gasteiger partial charge in [-0.1, -0.05) is 12.7 Å². The molecule has 0 radical (unpaired) electrons. The lowest BCUT2D eigenvalue weighted by Crippen LogP contribution is -2.47. The van der Waals surface area contributed by atoms with E-state index in [4.69, 9.17) is 4.74 Å². The number of ether oxygens (including phenoxy) is 1. The van der Waals surface area contributed by atoms with Crippen molar-refractivity contribution in [3.63, 3.8) is 0 Å². The number of hydrogen-bond acceptors (Lipinski definition) is 5.